The molecule has 1 aliphatic heterocycles. The highest BCUT2D eigenvalue weighted by Crippen LogP contribution is 1.95. The first-order valence-electron chi connectivity index (χ1n) is 4.71. The van der Waals surface area contributed by atoms with E-state index in [-0.39, 0.29) is 0 Å². The molecule has 0 amide bonds. The molecule has 0 spiro atoms. The quantitative estimate of drug-likeness (QED) is 0.622. The van der Waals surface area contributed by atoms with Crippen molar-refractivity contribution in [3.05, 3.63) is 0 Å². The molecule has 0 aromatic rings. The molecule has 1 heterocycles. The predicted molar refractivity (Wildman–Crippen MR) is 53.9 cm³/mol. The van der Waals surface area contributed by atoms with Gasteiger partial charge in [0, 0.05) is 25.5 Å². The molecule has 0 unspecified atom stereocenters. The lowest BCUT2D eigenvalue weighted by molar-refractivity contribution is 0.0408. The van der Waals surface area contributed by atoms with Gasteiger partial charge in [0.2, 0.25) is 0 Å². The molecule has 0 radical (unpaired) electrons. The van der Waals surface area contributed by atoms with Crippen molar-refractivity contribution in [1.29, 1.82) is 0 Å². The molecule has 1 saturated heterocycles. The van der Waals surface area contributed by atoms with Crippen LogP contribution >= 0.6 is 11.6 Å². The van der Waals surface area contributed by atoms with Gasteiger partial charge in [-0.15, -0.1) is 11.6 Å². The summed E-state index contributed by atoms with van der Waals surface area (Å²) in [5.74, 6) is 0.736. The second-order valence-electron chi connectivity index (χ2n) is 2.85. The Balaban J connectivity index is 0.000000354. The van der Waals surface area contributed by atoms with Crippen LogP contribution in [0.15, 0.2) is 0 Å². The van der Waals surface area contributed by atoms with Crippen LogP contribution in [0.3, 0.4) is 0 Å². The first kappa shape index (κ1) is 12.2. The Morgan fingerprint density at radius 2 is 1.75 bits per heavy atom. The van der Waals surface area contributed by atoms with E-state index in [1.165, 1.54) is 6.42 Å². The predicted octanol–water partition coefficient (Wildman–Crippen LogP) is 1.97. The molecule has 0 N–H and O–H groups in total. The number of ether oxygens (including phenoxy) is 1. The highest BCUT2D eigenvalue weighted by molar-refractivity contribution is 6.18. The van der Waals surface area contributed by atoms with Gasteiger partial charge < -0.3 is 4.74 Å². The van der Waals surface area contributed by atoms with Gasteiger partial charge in [-0.2, -0.15) is 0 Å². The van der Waals surface area contributed by atoms with Gasteiger partial charge in [0.15, 0.2) is 0 Å². The Labute approximate surface area is 80.8 Å². The standard InChI is InChI=1S/C6H12ClNO.C3H8/c7-1-2-8-3-5-9-6-4-8;1-3-2/h1-6H2;3H2,1-2H3. The number of morpholine rings is 1. The largest absolute Gasteiger partial charge is 0.379 e. The van der Waals surface area contributed by atoms with E-state index < -0.39 is 0 Å². The Morgan fingerprint density at radius 1 is 1.25 bits per heavy atom. The summed E-state index contributed by atoms with van der Waals surface area (Å²) in [6.45, 7) is 9.10. The summed E-state index contributed by atoms with van der Waals surface area (Å²) in [5.41, 5.74) is 0. The number of nitrogens with zero attached hydrogens (tertiary/aromatic N) is 1. The summed E-state index contributed by atoms with van der Waals surface area (Å²) < 4.78 is 5.16. The van der Waals surface area contributed by atoms with E-state index in [9.17, 15) is 0 Å². The molecular formula is C9H20ClNO. The molecule has 0 atom stereocenters. The van der Waals surface area contributed by atoms with Crippen LogP contribution < -0.4 is 0 Å². The van der Waals surface area contributed by atoms with E-state index >= 15 is 0 Å². The van der Waals surface area contributed by atoms with Crippen molar-refractivity contribution in [2.24, 2.45) is 0 Å². The van der Waals surface area contributed by atoms with Gasteiger partial charge in [0.05, 0.1) is 13.2 Å². The van der Waals surface area contributed by atoms with Crippen molar-refractivity contribution >= 4 is 11.6 Å². The van der Waals surface area contributed by atoms with Crippen molar-refractivity contribution in [3.8, 4) is 0 Å². The van der Waals surface area contributed by atoms with Crippen molar-refractivity contribution in [2.45, 2.75) is 20.3 Å². The normalized spacial score (nSPS) is 18.2. The van der Waals surface area contributed by atoms with Crippen molar-refractivity contribution in [3.63, 3.8) is 0 Å². The highest BCUT2D eigenvalue weighted by atomic mass is 35.5. The first-order chi connectivity index (χ1) is 5.85. The van der Waals surface area contributed by atoms with Gasteiger partial charge in [-0.05, 0) is 0 Å². The Bertz CT molecular complexity index is 81.8. The lowest BCUT2D eigenvalue weighted by Crippen LogP contribution is -2.37. The molecule has 2 nitrogen and oxygen atoms in total. The van der Waals surface area contributed by atoms with Crippen LogP contribution in [-0.4, -0.2) is 43.6 Å². The van der Waals surface area contributed by atoms with Crippen LogP contribution in [0, 0.1) is 0 Å². The third kappa shape index (κ3) is 6.89. The van der Waals surface area contributed by atoms with Gasteiger partial charge >= 0.3 is 0 Å². The molecule has 3 heteroatoms. The highest BCUT2D eigenvalue weighted by Gasteiger charge is 2.07. The maximum Gasteiger partial charge on any atom is 0.0594 e. The minimum Gasteiger partial charge on any atom is -0.379 e. The van der Waals surface area contributed by atoms with Crippen LogP contribution in [0.2, 0.25) is 0 Å². The van der Waals surface area contributed by atoms with E-state index in [1.807, 2.05) is 0 Å². The average molecular weight is 194 g/mol. The van der Waals surface area contributed by atoms with Gasteiger partial charge in [0.1, 0.15) is 0 Å². The number of hydrogen-bond donors (Lipinski definition) is 0. The summed E-state index contributed by atoms with van der Waals surface area (Å²) >= 11 is 5.55. The maximum atomic E-state index is 5.55. The second kappa shape index (κ2) is 9.30. The fraction of sp³-hybridized carbons (Fsp3) is 1.00. The van der Waals surface area contributed by atoms with Crippen molar-refractivity contribution in [1.82, 2.24) is 4.90 Å². The van der Waals surface area contributed by atoms with Crippen molar-refractivity contribution < 1.29 is 4.74 Å². The van der Waals surface area contributed by atoms with Crippen molar-refractivity contribution in [2.75, 3.05) is 38.7 Å². The molecule has 1 fully saturated rings. The topological polar surface area (TPSA) is 12.5 Å². The fourth-order valence-corrected chi connectivity index (χ4v) is 1.18. The number of hydrogen-bond acceptors (Lipinski definition) is 2. The van der Waals surface area contributed by atoms with E-state index in [4.69, 9.17) is 16.3 Å². The average Bonchev–Trinajstić information content (AvgIpc) is 2.08. The fourth-order valence-electron chi connectivity index (χ4n) is 0.944. The second-order valence-corrected chi connectivity index (χ2v) is 3.23. The Kier molecular flexibility index (Phi) is 9.46. The monoisotopic (exact) mass is 193 g/mol. The molecule has 74 valence electrons. The summed E-state index contributed by atoms with van der Waals surface area (Å²) in [4.78, 5) is 2.32. The van der Waals surface area contributed by atoms with E-state index in [0.717, 1.165) is 38.7 Å². The number of halogens is 1. The Hall–Kier alpha value is 0.210. The smallest absolute Gasteiger partial charge is 0.0594 e. The summed E-state index contributed by atoms with van der Waals surface area (Å²) in [5, 5.41) is 0. The number of alkyl halides is 1. The van der Waals surface area contributed by atoms with Crippen LogP contribution in [0.1, 0.15) is 20.3 Å². The minimum absolute atomic E-state index is 0.736. The minimum atomic E-state index is 0.736. The zero-order valence-corrected chi connectivity index (χ0v) is 8.94. The lowest BCUT2D eigenvalue weighted by Gasteiger charge is -2.25. The SMILES string of the molecule is CCC.ClCCN1CCOCC1. The van der Waals surface area contributed by atoms with Gasteiger partial charge in [0.25, 0.3) is 0 Å². The summed E-state index contributed by atoms with van der Waals surface area (Å²) in [6.07, 6.45) is 1.25. The van der Waals surface area contributed by atoms with E-state index in [1.54, 1.807) is 0 Å². The summed E-state index contributed by atoms with van der Waals surface area (Å²) in [6, 6.07) is 0. The lowest BCUT2D eigenvalue weighted by atomic mass is 10.4. The molecule has 0 bridgehead atoms. The van der Waals surface area contributed by atoms with Crippen LogP contribution in [0.5, 0.6) is 0 Å². The summed E-state index contributed by atoms with van der Waals surface area (Å²) in [7, 11) is 0. The molecule has 12 heavy (non-hydrogen) atoms. The molecule has 0 saturated carbocycles. The third-order valence-electron chi connectivity index (χ3n) is 1.50. The molecule has 1 aliphatic rings. The molecular weight excluding hydrogens is 174 g/mol. The van der Waals surface area contributed by atoms with E-state index in [2.05, 4.69) is 18.7 Å². The van der Waals surface area contributed by atoms with E-state index in [0.29, 0.717) is 0 Å². The molecule has 0 aliphatic carbocycles. The van der Waals surface area contributed by atoms with Gasteiger partial charge in [-0.3, -0.25) is 4.90 Å². The van der Waals surface area contributed by atoms with Gasteiger partial charge in [-0.1, -0.05) is 20.3 Å². The maximum absolute atomic E-state index is 5.55. The van der Waals surface area contributed by atoms with Gasteiger partial charge in [-0.25, -0.2) is 0 Å². The van der Waals surface area contributed by atoms with Crippen LogP contribution in [-0.2, 0) is 4.74 Å². The first-order valence-corrected chi connectivity index (χ1v) is 5.24. The zero-order valence-electron chi connectivity index (χ0n) is 8.18. The van der Waals surface area contributed by atoms with Crippen LogP contribution in [0.4, 0.5) is 0 Å². The molecule has 0 aromatic heterocycles. The zero-order chi connectivity index (χ0) is 9.23. The van der Waals surface area contributed by atoms with Crippen LogP contribution in [0.25, 0.3) is 0 Å². The third-order valence-corrected chi connectivity index (χ3v) is 1.67. The number of rotatable bonds is 2. The Morgan fingerprint density at radius 3 is 2.17 bits per heavy atom. The molecule has 1 rings (SSSR count). The molecule has 0 aromatic carbocycles.